The summed E-state index contributed by atoms with van der Waals surface area (Å²) >= 11 is 0. The van der Waals surface area contributed by atoms with Crippen LogP contribution >= 0.6 is 0 Å². The number of hydrogen-bond acceptors (Lipinski definition) is 2. The molecule has 2 rings (SSSR count). The van der Waals surface area contributed by atoms with Gasteiger partial charge in [-0.05, 0) is 18.3 Å². The van der Waals surface area contributed by atoms with Gasteiger partial charge in [-0.2, -0.15) is 0 Å². The first-order valence-electron chi connectivity index (χ1n) is 5.96. The standard InChI is InChI=1S/C12H19NO2/c1-9-4-2-3-5-10(9)7-13-8-11(14)6-12(13)15/h9-10H,2-8H2,1H3. The highest BCUT2D eigenvalue weighted by atomic mass is 16.2. The van der Waals surface area contributed by atoms with Gasteiger partial charge in [-0.25, -0.2) is 0 Å². The second kappa shape index (κ2) is 4.33. The van der Waals surface area contributed by atoms with Crippen LogP contribution in [0, 0.1) is 11.8 Å². The second-order valence-corrected chi connectivity index (χ2v) is 5.01. The molecule has 1 aliphatic carbocycles. The van der Waals surface area contributed by atoms with E-state index in [1.165, 1.54) is 25.7 Å². The number of likely N-dealkylation sites (tertiary alicyclic amines) is 1. The number of hydrogen-bond donors (Lipinski definition) is 0. The SMILES string of the molecule is CC1CCCCC1CN1CC(=O)CC1=O. The molecule has 0 aromatic carbocycles. The van der Waals surface area contributed by atoms with Gasteiger partial charge >= 0.3 is 0 Å². The molecule has 3 nitrogen and oxygen atoms in total. The molecule has 1 saturated carbocycles. The van der Waals surface area contributed by atoms with Gasteiger partial charge in [0.05, 0.1) is 13.0 Å². The van der Waals surface area contributed by atoms with Crippen LogP contribution in [0.15, 0.2) is 0 Å². The van der Waals surface area contributed by atoms with Crippen molar-refractivity contribution in [3.63, 3.8) is 0 Å². The van der Waals surface area contributed by atoms with Gasteiger partial charge in [0.25, 0.3) is 0 Å². The second-order valence-electron chi connectivity index (χ2n) is 5.01. The van der Waals surface area contributed by atoms with Gasteiger partial charge in [0.15, 0.2) is 5.78 Å². The van der Waals surface area contributed by atoms with E-state index >= 15 is 0 Å². The summed E-state index contributed by atoms with van der Waals surface area (Å²) in [5, 5.41) is 0. The molecule has 3 heteroatoms. The quantitative estimate of drug-likeness (QED) is 0.648. The summed E-state index contributed by atoms with van der Waals surface area (Å²) in [6.07, 6.45) is 5.25. The van der Waals surface area contributed by atoms with Gasteiger partial charge in [-0.3, -0.25) is 9.59 Å². The monoisotopic (exact) mass is 209 g/mol. The van der Waals surface area contributed by atoms with E-state index in [1.54, 1.807) is 4.90 Å². The van der Waals surface area contributed by atoms with Gasteiger partial charge in [0.1, 0.15) is 0 Å². The highest BCUT2D eigenvalue weighted by Crippen LogP contribution is 2.30. The summed E-state index contributed by atoms with van der Waals surface area (Å²) in [5.41, 5.74) is 0. The average Bonchev–Trinajstić information content (AvgIpc) is 2.49. The van der Waals surface area contributed by atoms with Crippen molar-refractivity contribution in [2.75, 3.05) is 13.1 Å². The van der Waals surface area contributed by atoms with Crippen molar-refractivity contribution in [3.8, 4) is 0 Å². The molecule has 1 heterocycles. The molecule has 2 aliphatic rings. The third-order valence-electron chi connectivity index (χ3n) is 3.81. The Morgan fingerprint density at radius 1 is 1.27 bits per heavy atom. The Morgan fingerprint density at radius 2 is 2.00 bits per heavy atom. The van der Waals surface area contributed by atoms with Crippen molar-refractivity contribution in [3.05, 3.63) is 0 Å². The minimum absolute atomic E-state index is 0.0396. The lowest BCUT2D eigenvalue weighted by atomic mass is 9.80. The summed E-state index contributed by atoms with van der Waals surface area (Å²) in [4.78, 5) is 24.4. The number of carbonyl (C=O) groups excluding carboxylic acids is 2. The molecule has 0 spiro atoms. The molecular weight excluding hydrogens is 190 g/mol. The van der Waals surface area contributed by atoms with E-state index < -0.39 is 0 Å². The topological polar surface area (TPSA) is 37.4 Å². The minimum atomic E-state index is 0.0396. The van der Waals surface area contributed by atoms with E-state index in [-0.39, 0.29) is 18.1 Å². The van der Waals surface area contributed by atoms with E-state index in [4.69, 9.17) is 0 Å². The van der Waals surface area contributed by atoms with Gasteiger partial charge in [-0.1, -0.05) is 26.2 Å². The molecule has 0 aromatic heterocycles. The molecule has 84 valence electrons. The Kier molecular flexibility index (Phi) is 3.08. The molecule has 0 radical (unpaired) electrons. The van der Waals surface area contributed by atoms with Crippen LogP contribution in [0.4, 0.5) is 0 Å². The molecule has 1 saturated heterocycles. The maximum Gasteiger partial charge on any atom is 0.230 e. The average molecular weight is 209 g/mol. The number of nitrogens with zero attached hydrogens (tertiary/aromatic N) is 1. The first kappa shape index (κ1) is 10.7. The molecular formula is C12H19NO2. The number of ketones is 1. The van der Waals surface area contributed by atoms with Gasteiger partial charge in [0, 0.05) is 6.54 Å². The largest absolute Gasteiger partial charge is 0.335 e. The zero-order valence-electron chi connectivity index (χ0n) is 9.37. The number of rotatable bonds is 2. The maximum absolute atomic E-state index is 11.5. The van der Waals surface area contributed by atoms with Crippen LogP contribution in [-0.2, 0) is 9.59 Å². The van der Waals surface area contributed by atoms with Gasteiger partial charge in [0.2, 0.25) is 5.91 Å². The summed E-state index contributed by atoms with van der Waals surface area (Å²) < 4.78 is 0. The lowest BCUT2D eigenvalue weighted by Crippen LogP contribution is -2.34. The lowest BCUT2D eigenvalue weighted by molar-refractivity contribution is -0.128. The fourth-order valence-electron chi connectivity index (χ4n) is 2.75. The molecule has 2 atom stereocenters. The number of amides is 1. The first-order chi connectivity index (χ1) is 7.16. The summed E-state index contributed by atoms with van der Waals surface area (Å²) in [5.74, 6) is 1.46. The molecule has 0 bridgehead atoms. The van der Waals surface area contributed by atoms with E-state index in [0.717, 1.165) is 6.54 Å². The van der Waals surface area contributed by atoms with Crippen molar-refractivity contribution >= 4 is 11.7 Å². The predicted molar refractivity (Wildman–Crippen MR) is 57.3 cm³/mol. The maximum atomic E-state index is 11.5. The Morgan fingerprint density at radius 3 is 2.60 bits per heavy atom. The lowest BCUT2D eigenvalue weighted by Gasteiger charge is -2.31. The Hall–Kier alpha value is -0.860. The fraction of sp³-hybridized carbons (Fsp3) is 0.833. The molecule has 0 N–H and O–H groups in total. The first-order valence-corrected chi connectivity index (χ1v) is 5.96. The van der Waals surface area contributed by atoms with Crippen LogP contribution in [0.25, 0.3) is 0 Å². The number of Topliss-reactive ketones (excluding diaryl/α,β-unsaturated/α-hetero) is 1. The molecule has 1 amide bonds. The molecule has 2 fully saturated rings. The summed E-state index contributed by atoms with van der Waals surface area (Å²) in [6.45, 7) is 3.44. The van der Waals surface area contributed by atoms with Crippen LogP contribution in [0.2, 0.25) is 0 Å². The van der Waals surface area contributed by atoms with Crippen LogP contribution in [0.3, 0.4) is 0 Å². The van der Waals surface area contributed by atoms with Crippen LogP contribution < -0.4 is 0 Å². The molecule has 2 unspecified atom stereocenters. The van der Waals surface area contributed by atoms with E-state index in [2.05, 4.69) is 6.92 Å². The third-order valence-corrected chi connectivity index (χ3v) is 3.81. The Labute approximate surface area is 90.8 Å². The smallest absolute Gasteiger partial charge is 0.230 e. The van der Waals surface area contributed by atoms with Crippen molar-refractivity contribution in [1.82, 2.24) is 4.90 Å². The van der Waals surface area contributed by atoms with E-state index in [1.807, 2.05) is 0 Å². The Balaban J connectivity index is 1.90. The minimum Gasteiger partial charge on any atom is -0.335 e. The highest BCUT2D eigenvalue weighted by Gasteiger charge is 2.31. The highest BCUT2D eigenvalue weighted by molar-refractivity contribution is 6.05. The van der Waals surface area contributed by atoms with Crippen LogP contribution in [0.5, 0.6) is 0 Å². The normalized spacial score (nSPS) is 32.5. The van der Waals surface area contributed by atoms with Crippen molar-refractivity contribution in [2.45, 2.75) is 39.0 Å². The zero-order chi connectivity index (χ0) is 10.8. The van der Waals surface area contributed by atoms with Crippen molar-refractivity contribution < 1.29 is 9.59 Å². The van der Waals surface area contributed by atoms with Gasteiger partial charge < -0.3 is 4.90 Å². The van der Waals surface area contributed by atoms with Crippen LogP contribution in [-0.4, -0.2) is 29.7 Å². The third kappa shape index (κ3) is 2.39. The van der Waals surface area contributed by atoms with E-state index in [0.29, 0.717) is 18.4 Å². The van der Waals surface area contributed by atoms with Crippen molar-refractivity contribution in [2.24, 2.45) is 11.8 Å². The molecule has 0 aromatic rings. The van der Waals surface area contributed by atoms with Crippen LogP contribution in [0.1, 0.15) is 39.0 Å². The Bertz CT molecular complexity index is 275. The van der Waals surface area contributed by atoms with Gasteiger partial charge in [-0.15, -0.1) is 0 Å². The fourth-order valence-corrected chi connectivity index (χ4v) is 2.75. The zero-order valence-corrected chi connectivity index (χ0v) is 9.37. The predicted octanol–water partition coefficient (Wildman–Crippen LogP) is 1.61. The number of carbonyl (C=O) groups is 2. The van der Waals surface area contributed by atoms with E-state index in [9.17, 15) is 9.59 Å². The summed E-state index contributed by atoms with van der Waals surface area (Å²) in [6, 6.07) is 0. The molecule has 15 heavy (non-hydrogen) atoms. The summed E-state index contributed by atoms with van der Waals surface area (Å²) in [7, 11) is 0. The van der Waals surface area contributed by atoms with Crippen molar-refractivity contribution in [1.29, 1.82) is 0 Å². The molecule has 1 aliphatic heterocycles.